The van der Waals surface area contributed by atoms with E-state index in [1.165, 1.54) is 80.7 Å². The Balaban J connectivity index is 1.25. The van der Waals surface area contributed by atoms with Crippen LogP contribution in [0.5, 0.6) is 5.75 Å². The third-order valence-electron chi connectivity index (χ3n) is 10.8. The average Bonchev–Trinajstić information content (AvgIpc) is 3.12. The van der Waals surface area contributed by atoms with Crippen molar-refractivity contribution < 1.29 is 19.1 Å². The van der Waals surface area contributed by atoms with Gasteiger partial charge in [0.05, 0.1) is 18.2 Å². The zero-order valence-corrected chi connectivity index (χ0v) is 28.4. The third kappa shape index (κ3) is 7.22. The van der Waals surface area contributed by atoms with E-state index >= 15 is 0 Å². The summed E-state index contributed by atoms with van der Waals surface area (Å²) in [7, 11) is 1.37. The first kappa shape index (κ1) is 32.7. The number of hydrogen-bond donors (Lipinski definition) is 0. The minimum absolute atomic E-state index is 0.187. The first-order valence-electron chi connectivity index (χ1n) is 17.5. The van der Waals surface area contributed by atoms with E-state index in [9.17, 15) is 9.59 Å². The van der Waals surface area contributed by atoms with E-state index in [1.807, 2.05) is 42.5 Å². The van der Waals surface area contributed by atoms with Crippen LogP contribution in [-0.2, 0) is 10.2 Å². The summed E-state index contributed by atoms with van der Waals surface area (Å²) in [5.41, 5.74) is 9.44. The fourth-order valence-corrected chi connectivity index (χ4v) is 7.69. The standard InChI is InChI=1S/C43H48O4/c1-29-15-24-36(27-38(29)32-11-7-5-8-12-32)43(2,3)37-25-26-40(39(28-37)33-13-9-6-10-14-33)47-42(45)35-22-18-31(19-23-35)30-16-20-34(21-17-30)41(44)46-4/h15-28,32-33H,5-14H2,1-4H3. The molecule has 0 spiro atoms. The van der Waals surface area contributed by atoms with Crippen molar-refractivity contribution in [1.82, 2.24) is 0 Å². The van der Waals surface area contributed by atoms with Gasteiger partial charge in [0.2, 0.25) is 0 Å². The largest absolute Gasteiger partial charge is 0.465 e. The van der Waals surface area contributed by atoms with Crippen LogP contribution in [0.3, 0.4) is 0 Å². The van der Waals surface area contributed by atoms with Gasteiger partial charge in [-0.2, -0.15) is 0 Å². The minimum Gasteiger partial charge on any atom is -0.465 e. The fourth-order valence-electron chi connectivity index (χ4n) is 7.69. The van der Waals surface area contributed by atoms with E-state index in [2.05, 4.69) is 51.1 Å². The van der Waals surface area contributed by atoms with Gasteiger partial charge >= 0.3 is 11.9 Å². The summed E-state index contributed by atoms with van der Waals surface area (Å²) in [4.78, 5) is 25.3. The molecule has 6 rings (SSSR count). The predicted molar refractivity (Wildman–Crippen MR) is 190 cm³/mol. The molecular weight excluding hydrogens is 580 g/mol. The molecule has 2 aliphatic rings. The van der Waals surface area contributed by atoms with Crippen LogP contribution in [0.1, 0.15) is 138 Å². The van der Waals surface area contributed by atoms with Crippen LogP contribution in [0.25, 0.3) is 11.1 Å². The number of rotatable bonds is 8. The number of aryl methyl sites for hydroxylation is 1. The zero-order chi connectivity index (χ0) is 33.0. The Hall–Kier alpha value is -4.18. The van der Waals surface area contributed by atoms with Gasteiger partial charge in [-0.15, -0.1) is 0 Å². The Morgan fingerprint density at radius 3 is 1.60 bits per heavy atom. The maximum Gasteiger partial charge on any atom is 0.343 e. The van der Waals surface area contributed by atoms with Crippen LogP contribution in [-0.4, -0.2) is 19.0 Å². The molecule has 0 saturated heterocycles. The van der Waals surface area contributed by atoms with E-state index in [4.69, 9.17) is 9.47 Å². The lowest BCUT2D eigenvalue weighted by molar-refractivity contribution is 0.0600. The lowest BCUT2D eigenvalue weighted by atomic mass is 9.73. The van der Waals surface area contributed by atoms with Crippen LogP contribution in [0.2, 0.25) is 0 Å². The van der Waals surface area contributed by atoms with E-state index in [0.29, 0.717) is 28.7 Å². The van der Waals surface area contributed by atoms with Crippen molar-refractivity contribution in [3.63, 3.8) is 0 Å². The molecule has 2 aliphatic carbocycles. The number of ether oxygens (including phenoxy) is 2. The molecule has 0 heterocycles. The second-order valence-corrected chi connectivity index (χ2v) is 14.2. The lowest BCUT2D eigenvalue weighted by Gasteiger charge is -2.31. The fraction of sp³-hybridized carbons (Fsp3) is 0.395. The molecule has 4 aromatic carbocycles. The molecule has 2 saturated carbocycles. The first-order valence-corrected chi connectivity index (χ1v) is 17.5. The highest BCUT2D eigenvalue weighted by molar-refractivity contribution is 5.92. The van der Waals surface area contributed by atoms with Gasteiger partial charge in [0.15, 0.2) is 0 Å². The van der Waals surface area contributed by atoms with Crippen molar-refractivity contribution in [2.45, 2.75) is 102 Å². The van der Waals surface area contributed by atoms with E-state index < -0.39 is 0 Å². The molecule has 4 nitrogen and oxygen atoms in total. The Labute approximate surface area is 280 Å². The maximum absolute atomic E-state index is 13.5. The Bertz CT molecular complexity index is 1700. The van der Waals surface area contributed by atoms with E-state index in [-0.39, 0.29) is 17.4 Å². The number of esters is 2. The summed E-state index contributed by atoms with van der Waals surface area (Å²) in [5.74, 6) is 1.01. The van der Waals surface area contributed by atoms with Gasteiger partial charge in [-0.3, -0.25) is 0 Å². The monoisotopic (exact) mass is 628 g/mol. The highest BCUT2D eigenvalue weighted by Gasteiger charge is 2.29. The lowest BCUT2D eigenvalue weighted by Crippen LogP contribution is -2.21. The number of carbonyl (C=O) groups excluding carboxylic acids is 2. The van der Waals surface area contributed by atoms with Crippen molar-refractivity contribution in [1.29, 1.82) is 0 Å². The number of carbonyl (C=O) groups is 2. The molecule has 4 heteroatoms. The molecule has 0 bridgehead atoms. The summed E-state index contributed by atoms with van der Waals surface area (Å²) in [6.45, 7) is 6.93. The molecule has 0 radical (unpaired) electrons. The molecular formula is C43H48O4. The van der Waals surface area contributed by atoms with Crippen LogP contribution in [0, 0.1) is 6.92 Å². The second kappa shape index (κ2) is 14.3. The smallest absolute Gasteiger partial charge is 0.343 e. The molecule has 0 N–H and O–H groups in total. The highest BCUT2D eigenvalue weighted by Crippen LogP contribution is 2.43. The highest BCUT2D eigenvalue weighted by atomic mass is 16.5. The van der Waals surface area contributed by atoms with E-state index in [1.54, 1.807) is 12.1 Å². The Morgan fingerprint density at radius 2 is 1.06 bits per heavy atom. The summed E-state index contributed by atoms with van der Waals surface area (Å²) in [6.07, 6.45) is 12.5. The first-order chi connectivity index (χ1) is 22.7. The van der Waals surface area contributed by atoms with Crippen LogP contribution in [0.4, 0.5) is 0 Å². The summed E-state index contributed by atoms with van der Waals surface area (Å²) in [6, 6.07) is 28.4. The topological polar surface area (TPSA) is 52.6 Å². The van der Waals surface area contributed by atoms with Crippen LogP contribution in [0.15, 0.2) is 84.9 Å². The molecule has 244 valence electrons. The van der Waals surface area contributed by atoms with Crippen molar-refractivity contribution in [2.24, 2.45) is 0 Å². The SMILES string of the molecule is COC(=O)c1ccc(-c2ccc(C(=O)Oc3ccc(C(C)(C)c4ccc(C)c(C5CCCCC5)c4)cc3C3CCCCC3)cc2)cc1. The van der Waals surface area contributed by atoms with Gasteiger partial charge in [-0.1, -0.05) is 107 Å². The Kier molecular flexibility index (Phi) is 9.96. The predicted octanol–water partition coefficient (Wildman–Crippen LogP) is 11.1. The number of hydrogen-bond acceptors (Lipinski definition) is 4. The molecule has 0 unspecified atom stereocenters. The van der Waals surface area contributed by atoms with Gasteiger partial charge in [-0.05, 0) is 114 Å². The molecule has 0 aliphatic heterocycles. The Morgan fingerprint density at radius 1 is 0.596 bits per heavy atom. The van der Waals surface area contributed by atoms with Crippen LogP contribution < -0.4 is 4.74 Å². The van der Waals surface area contributed by atoms with Gasteiger partial charge in [0.1, 0.15) is 5.75 Å². The van der Waals surface area contributed by atoms with E-state index in [0.717, 1.165) is 29.5 Å². The molecule has 47 heavy (non-hydrogen) atoms. The summed E-state index contributed by atoms with van der Waals surface area (Å²) >= 11 is 0. The molecule has 0 amide bonds. The quantitative estimate of drug-likeness (QED) is 0.144. The van der Waals surface area contributed by atoms with Gasteiger partial charge in [0.25, 0.3) is 0 Å². The molecule has 0 atom stereocenters. The molecule has 2 fully saturated rings. The second-order valence-electron chi connectivity index (χ2n) is 14.2. The normalized spacial score (nSPS) is 16.1. The van der Waals surface area contributed by atoms with Crippen molar-refractivity contribution in [3.05, 3.63) is 124 Å². The molecule has 0 aromatic heterocycles. The van der Waals surface area contributed by atoms with Crippen molar-refractivity contribution >= 4 is 11.9 Å². The van der Waals surface area contributed by atoms with Crippen molar-refractivity contribution in [3.8, 4) is 16.9 Å². The minimum atomic E-state index is -0.363. The van der Waals surface area contributed by atoms with Gasteiger partial charge in [0, 0.05) is 5.41 Å². The summed E-state index contributed by atoms with van der Waals surface area (Å²) < 4.78 is 11.0. The van der Waals surface area contributed by atoms with Gasteiger partial charge in [-0.25, -0.2) is 9.59 Å². The van der Waals surface area contributed by atoms with Gasteiger partial charge < -0.3 is 9.47 Å². The maximum atomic E-state index is 13.5. The number of methoxy groups -OCH3 is 1. The average molecular weight is 629 g/mol. The number of benzene rings is 4. The summed E-state index contributed by atoms with van der Waals surface area (Å²) in [5, 5.41) is 0. The zero-order valence-electron chi connectivity index (χ0n) is 28.4. The molecule has 4 aromatic rings. The van der Waals surface area contributed by atoms with Crippen molar-refractivity contribution in [2.75, 3.05) is 7.11 Å². The third-order valence-corrected chi connectivity index (χ3v) is 10.8. The van der Waals surface area contributed by atoms with Crippen LogP contribution >= 0.6 is 0 Å².